The molecule has 2 aromatic rings. The van der Waals surface area contributed by atoms with Gasteiger partial charge in [0, 0.05) is 6.61 Å². The molecule has 0 saturated carbocycles. The topological polar surface area (TPSA) is 27.1 Å². The second-order valence-corrected chi connectivity index (χ2v) is 4.54. The third-order valence-corrected chi connectivity index (χ3v) is 3.18. The third-order valence-electron chi connectivity index (χ3n) is 2.94. The number of ether oxygens (including phenoxy) is 1. The van der Waals surface area contributed by atoms with E-state index in [4.69, 9.17) is 16.3 Å². The summed E-state index contributed by atoms with van der Waals surface area (Å²) in [7, 11) is 0. The first kappa shape index (κ1) is 14.2. The molecule has 1 heterocycles. The SMILES string of the molecule is CCOCC(C)n1c(CCl)nc2ccc(F)c(F)c21. The number of alkyl halides is 1. The molecule has 1 unspecified atom stereocenters. The Morgan fingerprint density at radius 1 is 1.42 bits per heavy atom. The summed E-state index contributed by atoms with van der Waals surface area (Å²) < 4.78 is 34.3. The Labute approximate surface area is 115 Å². The minimum Gasteiger partial charge on any atom is -0.380 e. The van der Waals surface area contributed by atoms with Gasteiger partial charge in [-0.15, -0.1) is 11.6 Å². The summed E-state index contributed by atoms with van der Waals surface area (Å²) in [4.78, 5) is 4.23. The first-order valence-electron chi connectivity index (χ1n) is 6.08. The highest BCUT2D eigenvalue weighted by Gasteiger charge is 2.20. The molecule has 0 fully saturated rings. The van der Waals surface area contributed by atoms with Crippen LogP contribution in [0.4, 0.5) is 8.78 Å². The minimum atomic E-state index is -0.898. The van der Waals surface area contributed by atoms with Crippen molar-refractivity contribution in [3.63, 3.8) is 0 Å². The van der Waals surface area contributed by atoms with E-state index < -0.39 is 11.6 Å². The monoisotopic (exact) mass is 288 g/mol. The molecule has 0 N–H and O–H groups in total. The number of benzene rings is 1. The van der Waals surface area contributed by atoms with Gasteiger partial charge in [0.15, 0.2) is 11.6 Å². The molecule has 0 spiro atoms. The van der Waals surface area contributed by atoms with Gasteiger partial charge in [0.1, 0.15) is 11.3 Å². The number of nitrogens with zero attached hydrogens (tertiary/aromatic N) is 2. The van der Waals surface area contributed by atoms with Crippen LogP contribution in [0.5, 0.6) is 0 Å². The lowest BCUT2D eigenvalue weighted by Gasteiger charge is -2.17. The Morgan fingerprint density at radius 2 is 2.16 bits per heavy atom. The average Bonchev–Trinajstić information content (AvgIpc) is 2.79. The van der Waals surface area contributed by atoms with Crippen molar-refractivity contribution in [2.45, 2.75) is 25.8 Å². The van der Waals surface area contributed by atoms with Crippen LogP contribution in [0.3, 0.4) is 0 Å². The number of halogens is 3. The molecular weight excluding hydrogens is 274 g/mol. The summed E-state index contributed by atoms with van der Waals surface area (Å²) in [6.07, 6.45) is 0. The van der Waals surface area contributed by atoms with E-state index in [9.17, 15) is 8.78 Å². The van der Waals surface area contributed by atoms with E-state index in [0.717, 1.165) is 6.07 Å². The zero-order chi connectivity index (χ0) is 14.0. The number of aromatic nitrogens is 2. The molecule has 0 radical (unpaired) electrons. The second-order valence-electron chi connectivity index (χ2n) is 4.27. The lowest BCUT2D eigenvalue weighted by atomic mass is 10.2. The van der Waals surface area contributed by atoms with Crippen molar-refractivity contribution in [1.29, 1.82) is 0 Å². The van der Waals surface area contributed by atoms with Crippen molar-refractivity contribution in [1.82, 2.24) is 9.55 Å². The molecule has 2 rings (SSSR count). The molecule has 19 heavy (non-hydrogen) atoms. The van der Waals surface area contributed by atoms with Gasteiger partial charge in [-0.3, -0.25) is 0 Å². The Balaban J connectivity index is 2.58. The number of rotatable bonds is 5. The number of fused-ring (bicyclic) bond motifs is 1. The van der Waals surface area contributed by atoms with Crippen LogP contribution in [0.25, 0.3) is 11.0 Å². The van der Waals surface area contributed by atoms with Crippen LogP contribution >= 0.6 is 11.6 Å². The molecule has 0 aliphatic heterocycles. The quantitative estimate of drug-likeness (QED) is 0.785. The molecule has 6 heteroatoms. The Bertz CT molecular complexity index is 586. The standard InChI is InChI=1S/C13H15ClF2N2O/c1-3-19-7-8(2)18-11(6-14)17-10-5-4-9(15)12(16)13(10)18/h4-5,8H,3,6-7H2,1-2H3. The molecule has 1 aromatic carbocycles. The number of imidazole rings is 1. The number of hydrogen-bond acceptors (Lipinski definition) is 2. The Kier molecular flexibility index (Phi) is 4.37. The van der Waals surface area contributed by atoms with Crippen LogP contribution in [-0.2, 0) is 10.6 Å². The lowest BCUT2D eigenvalue weighted by Crippen LogP contribution is -2.15. The van der Waals surface area contributed by atoms with Crippen molar-refractivity contribution in [3.8, 4) is 0 Å². The fraction of sp³-hybridized carbons (Fsp3) is 0.462. The summed E-state index contributed by atoms with van der Waals surface area (Å²) in [5.41, 5.74) is 0.542. The molecule has 0 saturated heterocycles. The molecule has 104 valence electrons. The van der Waals surface area contributed by atoms with Crippen molar-refractivity contribution >= 4 is 22.6 Å². The zero-order valence-electron chi connectivity index (χ0n) is 10.8. The van der Waals surface area contributed by atoms with Gasteiger partial charge in [0.25, 0.3) is 0 Å². The van der Waals surface area contributed by atoms with Gasteiger partial charge in [0.2, 0.25) is 0 Å². The van der Waals surface area contributed by atoms with Gasteiger partial charge >= 0.3 is 0 Å². The van der Waals surface area contributed by atoms with E-state index in [1.165, 1.54) is 6.07 Å². The first-order valence-corrected chi connectivity index (χ1v) is 6.62. The summed E-state index contributed by atoms with van der Waals surface area (Å²) in [5, 5.41) is 0. The van der Waals surface area contributed by atoms with Crippen molar-refractivity contribution in [3.05, 3.63) is 29.6 Å². The van der Waals surface area contributed by atoms with E-state index in [0.29, 0.717) is 24.6 Å². The molecular formula is C13H15ClF2N2O. The summed E-state index contributed by atoms with van der Waals surface area (Å²) in [6.45, 7) is 4.68. The highest BCUT2D eigenvalue weighted by atomic mass is 35.5. The fourth-order valence-corrected chi connectivity index (χ4v) is 2.29. The molecule has 1 atom stereocenters. The van der Waals surface area contributed by atoms with Crippen LogP contribution in [0.1, 0.15) is 25.7 Å². The predicted molar refractivity (Wildman–Crippen MR) is 70.4 cm³/mol. The summed E-state index contributed by atoms with van der Waals surface area (Å²) >= 11 is 5.83. The lowest BCUT2D eigenvalue weighted by molar-refractivity contribution is 0.119. The minimum absolute atomic E-state index is 0.131. The predicted octanol–water partition coefficient (Wildman–Crippen LogP) is 3.65. The molecule has 0 aliphatic rings. The maximum absolute atomic E-state index is 14.0. The van der Waals surface area contributed by atoms with Gasteiger partial charge in [-0.2, -0.15) is 0 Å². The van der Waals surface area contributed by atoms with Gasteiger partial charge in [0.05, 0.1) is 24.0 Å². The maximum Gasteiger partial charge on any atom is 0.184 e. The summed E-state index contributed by atoms with van der Waals surface area (Å²) in [5.74, 6) is -1.15. The highest BCUT2D eigenvalue weighted by molar-refractivity contribution is 6.16. The normalized spacial score (nSPS) is 13.1. The Hall–Kier alpha value is -1.20. The van der Waals surface area contributed by atoms with E-state index >= 15 is 0 Å². The van der Waals surface area contributed by atoms with E-state index in [1.807, 2.05) is 13.8 Å². The van der Waals surface area contributed by atoms with E-state index in [2.05, 4.69) is 4.98 Å². The van der Waals surface area contributed by atoms with Crippen molar-refractivity contribution in [2.75, 3.05) is 13.2 Å². The van der Waals surface area contributed by atoms with Crippen LogP contribution in [0, 0.1) is 11.6 Å². The fourth-order valence-electron chi connectivity index (χ4n) is 2.10. The Morgan fingerprint density at radius 3 is 2.79 bits per heavy atom. The smallest absolute Gasteiger partial charge is 0.184 e. The largest absolute Gasteiger partial charge is 0.380 e. The van der Waals surface area contributed by atoms with Crippen LogP contribution < -0.4 is 0 Å². The zero-order valence-corrected chi connectivity index (χ0v) is 11.5. The van der Waals surface area contributed by atoms with Crippen LogP contribution in [-0.4, -0.2) is 22.8 Å². The molecule has 0 bridgehead atoms. The molecule has 1 aromatic heterocycles. The van der Waals surface area contributed by atoms with Crippen molar-refractivity contribution < 1.29 is 13.5 Å². The van der Waals surface area contributed by atoms with Gasteiger partial charge in [-0.25, -0.2) is 13.8 Å². The van der Waals surface area contributed by atoms with Crippen LogP contribution in [0.2, 0.25) is 0 Å². The molecule has 3 nitrogen and oxygen atoms in total. The van der Waals surface area contributed by atoms with Crippen LogP contribution in [0.15, 0.2) is 12.1 Å². The second kappa shape index (κ2) is 5.84. The number of hydrogen-bond donors (Lipinski definition) is 0. The third kappa shape index (κ3) is 2.58. The summed E-state index contributed by atoms with van der Waals surface area (Å²) in [6, 6.07) is 2.35. The van der Waals surface area contributed by atoms with E-state index in [1.54, 1.807) is 4.57 Å². The highest BCUT2D eigenvalue weighted by Crippen LogP contribution is 2.26. The van der Waals surface area contributed by atoms with Gasteiger partial charge in [-0.1, -0.05) is 0 Å². The van der Waals surface area contributed by atoms with Gasteiger partial charge in [-0.05, 0) is 26.0 Å². The molecule has 0 amide bonds. The van der Waals surface area contributed by atoms with Gasteiger partial charge < -0.3 is 9.30 Å². The molecule has 0 aliphatic carbocycles. The first-order chi connectivity index (χ1) is 9.10. The van der Waals surface area contributed by atoms with E-state index in [-0.39, 0.29) is 17.4 Å². The van der Waals surface area contributed by atoms with Crippen molar-refractivity contribution in [2.24, 2.45) is 0 Å². The average molecular weight is 289 g/mol. The maximum atomic E-state index is 14.0.